The molecule has 0 amide bonds. The van der Waals surface area contributed by atoms with Crippen molar-refractivity contribution in [2.24, 2.45) is 4.99 Å². The standard InChI is InChI=1S/C17H14F2N2/c18-14-4-8-16(9-5-14)20-12-2-1-3-13-21-17-10-6-15(19)7-11-17/h1-13,20H. The van der Waals surface area contributed by atoms with Crippen LogP contribution in [0.3, 0.4) is 0 Å². The maximum atomic E-state index is 12.7. The average Bonchev–Trinajstić information content (AvgIpc) is 2.50. The monoisotopic (exact) mass is 284 g/mol. The van der Waals surface area contributed by atoms with Crippen molar-refractivity contribution in [3.05, 3.63) is 84.6 Å². The molecule has 0 aliphatic carbocycles. The second-order valence-electron chi connectivity index (χ2n) is 4.15. The Hall–Kier alpha value is -2.75. The third kappa shape index (κ3) is 5.40. The van der Waals surface area contributed by atoms with Crippen LogP contribution >= 0.6 is 0 Å². The van der Waals surface area contributed by atoms with Crippen LogP contribution in [-0.4, -0.2) is 6.21 Å². The van der Waals surface area contributed by atoms with E-state index in [9.17, 15) is 8.78 Å². The average molecular weight is 284 g/mol. The summed E-state index contributed by atoms with van der Waals surface area (Å²) in [5, 5.41) is 3.00. The van der Waals surface area contributed by atoms with Crippen LogP contribution < -0.4 is 5.32 Å². The Morgan fingerprint density at radius 3 is 2.05 bits per heavy atom. The highest BCUT2D eigenvalue weighted by Crippen LogP contribution is 2.11. The van der Waals surface area contributed by atoms with Crippen molar-refractivity contribution in [3.63, 3.8) is 0 Å². The van der Waals surface area contributed by atoms with E-state index in [1.807, 2.05) is 0 Å². The molecule has 21 heavy (non-hydrogen) atoms. The zero-order valence-electron chi connectivity index (χ0n) is 11.2. The number of benzene rings is 2. The Morgan fingerprint density at radius 2 is 1.38 bits per heavy atom. The number of halogens is 2. The molecule has 0 aromatic heterocycles. The molecule has 0 atom stereocenters. The van der Waals surface area contributed by atoms with Crippen LogP contribution in [0.25, 0.3) is 0 Å². The molecule has 0 spiro atoms. The Morgan fingerprint density at radius 1 is 0.762 bits per heavy atom. The molecule has 0 aliphatic rings. The van der Waals surface area contributed by atoms with Crippen LogP contribution in [0, 0.1) is 11.6 Å². The van der Waals surface area contributed by atoms with Crippen molar-refractivity contribution in [1.29, 1.82) is 0 Å². The van der Waals surface area contributed by atoms with Gasteiger partial charge in [-0.05, 0) is 60.7 Å². The third-order valence-electron chi connectivity index (χ3n) is 2.55. The maximum Gasteiger partial charge on any atom is 0.123 e. The van der Waals surface area contributed by atoms with E-state index < -0.39 is 0 Å². The number of allylic oxidation sites excluding steroid dienone is 3. The zero-order chi connectivity index (χ0) is 14.9. The van der Waals surface area contributed by atoms with Crippen molar-refractivity contribution < 1.29 is 8.78 Å². The van der Waals surface area contributed by atoms with Gasteiger partial charge in [0.2, 0.25) is 0 Å². The number of hydrogen-bond acceptors (Lipinski definition) is 2. The van der Waals surface area contributed by atoms with Gasteiger partial charge < -0.3 is 5.32 Å². The second-order valence-corrected chi connectivity index (χ2v) is 4.15. The highest BCUT2D eigenvalue weighted by atomic mass is 19.1. The normalized spacial score (nSPS) is 11.7. The van der Waals surface area contributed by atoms with Crippen LogP contribution in [0.5, 0.6) is 0 Å². The lowest BCUT2D eigenvalue weighted by atomic mass is 10.3. The van der Waals surface area contributed by atoms with Gasteiger partial charge in [-0.1, -0.05) is 6.08 Å². The molecular formula is C17H14F2N2. The van der Waals surface area contributed by atoms with Gasteiger partial charge in [-0.25, -0.2) is 8.78 Å². The smallest absolute Gasteiger partial charge is 0.123 e. The largest absolute Gasteiger partial charge is 0.362 e. The summed E-state index contributed by atoms with van der Waals surface area (Å²) in [4.78, 5) is 4.14. The first-order valence-electron chi connectivity index (χ1n) is 6.37. The summed E-state index contributed by atoms with van der Waals surface area (Å²) >= 11 is 0. The van der Waals surface area contributed by atoms with Gasteiger partial charge in [0.1, 0.15) is 11.6 Å². The van der Waals surface area contributed by atoms with Crippen molar-refractivity contribution in [1.82, 2.24) is 0 Å². The zero-order valence-corrected chi connectivity index (χ0v) is 11.2. The van der Waals surface area contributed by atoms with E-state index in [2.05, 4.69) is 10.3 Å². The molecule has 1 N–H and O–H groups in total. The number of nitrogens with one attached hydrogen (secondary N) is 1. The quantitative estimate of drug-likeness (QED) is 0.616. The first kappa shape index (κ1) is 14.7. The lowest BCUT2D eigenvalue weighted by Crippen LogP contribution is -1.86. The van der Waals surface area contributed by atoms with Gasteiger partial charge >= 0.3 is 0 Å². The highest BCUT2D eigenvalue weighted by molar-refractivity contribution is 5.74. The van der Waals surface area contributed by atoms with Gasteiger partial charge in [0.05, 0.1) is 5.69 Å². The summed E-state index contributed by atoms with van der Waals surface area (Å²) in [7, 11) is 0. The minimum Gasteiger partial charge on any atom is -0.362 e. The molecule has 106 valence electrons. The summed E-state index contributed by atoms with van der Waals surface area (Å²) in [6, 6.07) is 12.0. The molecule has 2 aromatic rings. The fraction of sp³-hybridized carbons (Fsp3) is 0. The molecule has 2 rings (SSSR count). The minimum absolute atomic E-state index is 0.263. The molecule has 2 aromatic carbocycles. The van der Waals surface area contributed by atoms with Gasteiger partial charge in [0.15, 0.2) is 0 Å². The van der Waals surface area contributed by atoms with Gasteiger partial charge in [0.25, 0.3) is 0 Å². The molecule has 0 saturated carbocycles. The van der Waals surface area contributed by atoms with E-state index in [1.165, 1.54) is 24.3 Å². The molecular weight excluding hydrogens is 270 g/mol. The molecule has 4 heteroatoms. The Balaban J connectivity index is 1.78. The second kappa shape index (κ2) is 7.75. The summed E-state index contributed by atoms with van der Waals surface area (Å²) in [5.74, 6) is -0.541. The minimum atomic E-state index is -0.278. The Bertz CT molecular complexity index is 641. The van der Waals surface area contributed by atoms with Crippen LogP contribution in [-0.2, 0) is 0 Å². The lowest BCUT2D eigenvalue weighted by molar-refractivity contribution is 0.627. The maximum absolute atomic E-state index is 12.7. The van der Waals surface area contributed by atoms with Gasteiger partial charge in [-0.2, -0.15) is 0 Å². The topological polar surface area (TPSA) is 24.4 Å². The molecule has 0 heterocycles. The summed E-state index contributed by atoms with van der Waals surface area (Å²) in [6.07, 6.45) is 8.70. The predicted octanol–water partition coefficient (Wildman–Crippen LogP) is 4.85. The molecule has 0 aliphatic heterocycles. The van der Waals surface area contributed by atoms with Crippen molar-refractivity contribution in [3.8, 4) is 0 Å². The predicted molar refractivity (Wildman–Crippen MR) is 82.9 cm³/mol. The van der Waals surface area contributed by atoms with E-state index in [4.69, 9.17) is 0 Å². The number of rotatable bonds is 5. The molecule has 0 saturated heterocycles. The summed E-state index contributed by atoms with van der Waals surface area (Å²) in [6.45, 7) is 0. The van der Waals surface area contributed by atoms with E-state index in [0.717, 1.165) is 5.69 Å². The third-order valence-corrected chi connectivity index (χ3v) is 2.55. The van der Waals surface area contributed by atoms with Gasteiger partial charge in [-0.3, -0.25) is 4.99 Å². The Kier molecular flexibility index (Phi) is 5.41. The Labute approximate surface area is 122 Å². The van der Waals surface area contributed by atoms with E-state index in [0.29, 0.717) is 5.69 Å². The molecule has 2 nitrogen and oxygen atoms in total. The fourth-order valence-electron chi connectivity index (χ4n) is 1.52. The van der Waals surface area contributed by atoms with Crippen LogP contribution in [0.4, 0.5) is 20.2 Å². The first-order chi connectivity index (χ1) is 10.2. The van der Waals surface area contributed by atoms with Gasteiger partial charge in [-0.15, -0.1) is 0 Å². The van der Waals surface area contributed by atoms with Crippen molar-refractivity contribution in [2.45, 2.75) is 0 Å². The van der Waals surface area contributed by atoms with Crippen molar-refractivity contribution in [2.75, 3.05) is 5.32 Å². The summed E-state index contributed by atoms with van der Waals surface area (Å²) in [5.41, 5.74) is 1.50. The highest BCUT2D eigenvalue weighted by Gasteiger charge is 1.89. The van der Waals surface area contributed by atoms with Gasteiger partial charge in [0, 0.05) is 18.1 Å². The molecule has 0 fully saturated rings. The SMILES string of the molecule is Fc1ccc(N=CC=CC=CNc2ccc(F)cc2)cc1. The number of anilines is 1. The molecule has 0 radical (unpaired) electrons. The van der Waals surface area contributed by atoms with Crippen LogP contribution in [0.2, 0.25) is 0 Å². The summed E-state index contributed by atoms with van der Waals surface area (Å²) < 4.78 is 25.4. The van der Waals surface area contributed by atoms with E-state index >= 15 is 0 Å². The van der Waals surface area contributed by atoms with E-state index in [-0.39, 0.29) is 11.6 Å². The lowest BCUT2D eigenvalue weighted by Gasteiger charge is -1.98. The van der Waals surface area contributed by atoms with Crippen LogP contribution in [0.1, 0.15) is 0 Å². The first-order valence-corrected chi connectivity index (χ1v) is 6.37. The number of nitrogens with zero attached hydrogens (tertiary/aromatic N) is 1. The molecule has 0 bridgehead atoms. The fourth-order valence-corrected chi connectivity index (χ4v) is 1.52. The molecule has 0 unspecified atom stereocenters. The number of aliphatic imine (C=N–C) groups is 1. The number of hydrogen-bond donors (Lipinski definition) is 1. The van der Waals surface area contributed by atoms with Crippen molar-refractivity contribution >= 4 is 17.6 Å². The van der Waals surface area contributed by atoms with Crippen LogP contribution in [0.15, 0.2) is 78.0 Å². The van der Waals surface area contributed by atoms with E-state index in [1.54, 1.807) is 54.9 Å².